The lowest BCUT2D eigenvalue weighted by molar-refractivity contribution is 0.00559. The molecule has 0 aromatic rings. The van der Waals surface area contributed by atoms with Crippen LogP contribution in [0.3, 0.4) is 0 Å². The molecular formula is C9H17NOS. The molecule has 2 nitrogen and oxygen atoms in total. The van der Waals surface area contributed by atoms with E-state index in [1.165, 1.54) is 25.0 Å². The van der Waals surface area contributed by atoms with E-state index in [4.69, 9.17) is 4.74 Å². The Hall–Kier alpha value is 0.270. The zero-order valence-corrected chi connectivity index (χ0v) is 8.62. The topological polar surface area (TPSA) is 21.3 Å². The van der Waals surface area contributed by atoms with Crippen LogP contribution in [0, 0.1) is 0 Å². The minimum atomic E-state index is 0.404. The van der Waals surface area contributed by atoms with Crippen LogP contribution in [0.4, 0.5) is 0 Å². The Morgan fingerprint density at radius 2 is 2.33 bits per heavy atom. The van der Waals surface area contributed by atoms with Gasteiger partial charge in [-0.1, -0.05) is 6.92 Å². The maximum atomic E-state index is 5.29. The van der Waals surface area contributed by atoms with Crippen LogP contribution in [0.25, 0.3) is 0 Å². The van der Waals surface area contributed by atoms with Gasteiger partial charge in [-0.05, 0) is 6.42 Å². The van der Waals surface area contributed by atoms with Crippen LogP contribution in [0.1, 0.15) is 26.2 Å². The molecule has 0 amide bonds. The molecule has 1 spiro atoms. The lowest BCUT2D eigenvalue weighted by Gasteiger charge is -2.44. The number of rotatable bonds is 2. The highest BCUT2D eigenvalue weighted by Crippen LogP contribution is 2.47. The molecule has 1 saturated heterocycles. The first-order valence-corrected chi connectivity index (χ1v) is 5.71. The van der Waals surface area contributed by atoms with Gasteiger partial charge < -0.3 is 4.74 Å². The summed E-state index contributed by atoms with van der Waals surface area (Å²) >= 11 is 2.09. The fraction of sp³-hybridized carbons (Fsp3) is 1.00. The summed E-state index contributed by atoms with van der Waals surface area (Å²) in [4.78, 5) is 0.404. The minimum Gasteiger partial charge on any atom is -0.381 e. The van der Waals surface area contributed by atoms with Crippen molar-refractivity contribution in [1.82, 2.24) is 5.32 Å². The quantitative estimate of drug-likeness (QED) is 0.709. The normalized spacial score (nSPS) is 46.5. The van der Waals surface area contributed by atoms with Crippen molar-refractivity contribution in [2.75, 3.05) is 12.9 Å². The Kier molecular flexibility index (Phi) is 2.36. The van der Waals surface area contributed by atoms with E-state index in [0.717, 1.165) is 6.04 Å². The molecule has 2 aliphatic rings. The predicted octanol–water partition coefficient (Wildman–Crippen LogP) is 1.61. The van der Waals surface area contributed by atoms with Crippen molar-refractivity contribution in [3.63, 3.8) is 0 Å². The molecule has 0 aromatic heterocycles. The van der Waals surface area contributed by atoms with E-state index in [0.29, 0.717) is 11.0 Å². The summed E-state index contributed by atoms with van der Waals surface area (Å²) in [5, 5.41) is 3.70. The van der Waals surface area contributed by atoms with Crippen molar-refractivity contribution in [2.45, 2.75) is 43.2 Å². The molecule has 1 saturated carbocycles. The lowest BCUT2D eigenvalue weighted by atomic mass is 9.87. The highest BCUT2D eigenvalue weighted by molar-refractivity contribution is 8.01. The standard InChI is InChI=1S/C9H17NOS/c1-3-7-6-12-9(10-7)4-8(5-9)11-2/h7-8,10H,3-6H2,1-2H3. The smallest absolute Gasteiger partial charge is 0.0697 e. The van der Waals surface area contributed by atoms with E-state index in [-0.39, 0.29) is 0 Å². The van der Waals surface area contributed by atoms with Gasteiger partial charge >= 0.3 is 0 Å². The second-order valence-electron chi connectivity index (χ2n) is 3.82. The van der Waals surface area contributed by atoms with Crippen LogP contribution in [-0.4, -0.2) is 29.9 Å². The number of nitrogens with one attached hydrogen (secondary N) is 1. The summed E-state index contributed by atoms with van der Waals surface area (Å²) < 4.78 is 5.29. The molecule has 0 bridgehead atoms. The van der Waals surface area contributed by atoms with E-state index in [1.807, 2.05) is 7.11 Å². The first kappa shape index (κ1) is 8.85. The van der Waals surface area contributed by atoms with Crippen molar-refractivity contribution >= 4 is 11.8 Å². The Bertz CT molecular complexity index is 168. The molecule has 3 heteroatoms. The molecular weight excluding hydrogens is 170 g/mol. The fourth-order valence-corrected chi connectivity index (χ4v) is 3.71. The summed E-state index contributed by atoms with van der Waals surface area (Å²) in [5.74, 6) is 1.28. The molecule has 1 aliphatic heterocycles. The van der Waals surface area contributed by atoms with E-state index in [1.54, 1.807) is 0 Å². The van der Waals surface area contributed by atoms with Crippen molar-refractivity contribution in [1.29, 1.82) is 0 Å². The van der Waals surface area contributed by atoms with Crippen molar-refractivity contribution in [3.8, 4) is 0 Å². The van der Waals surface area contributed by atoms with Crippen LogP contribution in [-0.2, 0) is 4.74 Å². The van der Waals surface area contributed by atoms with Gasteiger partial charge in [0.1, 0.15) is 0 Å². The molecule has 0 aromatic carbocycles. The third-order valence-corrected chi connectivity index (χ3v) is 4.54. The Morgan fingerprint density at radius 3 is 2.83 bits per heavy atom. The Balaban J connectivity index is 1.84. The van der Waals surface area contributed by atoms with E-state index in [9.17, 15) is 0 Å². The molecule has 0 radical (unpaired) electrons. The average Bonchev–Trinajstić information content (AvgIpc) is 2.45. The van der Waals surface area contributed by atoms with E-state index < -0.39 is 0 Å². The lowest BCUT2D eigenvalue weighted by Crippen LogP contribution is -2.54. The first-order valence-electron chi connectivity index (χ1n) is 4.72. The molecule has 70 valence electrons. The second-order valence-corrected chi connectivity index (χ2v) is 5.22. The summed E-state index contributed by atoms with van der Waals surface area (Å²) in [7, 11) is 1.81. The SMILES string of the molecule is CCC1CSC2(CC(OC)C2)N1. The Labute approximate surface area is 78.4 Å². The van der Waals surface area contributed by atoms with E-state index in [2.05, 4.69) is 24.0 Å². The highest BCUT2D eigenvalue weighted by Gasteiger charge is 2.49. The monoisotopic (exact) mass is 187 g/mol. The van der Waals surface area contributed by atoms with Crippen LogP contribution >= 0.6 is 11.8 Å². The zero-order valence-electron chi connectivity index (χ0n) is 7.80. The van der Waals surface area contributed by atoms with Gasteiger partial charge in [0.25, 0.3) is 0 Å². The summed E-state index contributed by atoms with van der Waals surface area (Å²) in [6.07, 6.45) is 4.17. The maximum absolute atomic E-state index is 5.29. The fourth-order valence-electron chi connectivity index (χ4n) is 2.01. The molecule has 1 atom stereocenters. The van der Waals surface area contributed by atoms with Gasteiger partial charge in [0.2, 0.25) is 0 Å². The number of thioether (sulfide) groups is 1. The predicted molar refractivity (Wildman–Crippen MR) is 52.4 cm³/mol. The summed E-state index contributed by atoms with van der Waals surface area (Å²) in [6, 6.07) is 0.743. The third kappa shape index (κ3) is 1.38. The summed E-state index contributed by atoms with van der Waals surface area (Å²) in [5.41, 5.74) is 0. The zero-order chi connectivity index (χ0) is 8.60. The minimum absolute atomic E-state index is 0.404. The maximum Gasteiger partial charge on any atom is 0.0697 e. The molecule has 1 heterocycles. The second kappa shape index (κ2) is 3.20. The van der Waals surface area contributed by atoms with Crippen LogP contribution in [0.2, 0.25) is 0 Å². The number of hydrogen-bond acceptors (Lipinski definition) is 3. The first-order chi connectivity index (χ1) is 5.78. The highest BCUT2D eigenvalue weighted by atomic mass is 32.2. The molecule has 1 unspecified atom stereocenters. The molecule has 1 aliphatic carbocycles. The van der Waals surface area contributed by atoms with Crippen molar-refractivity contribution < 1.29 is 4.74 Å². The molecule has 12 heavy (non-hydrogen) atoms. The largest absolute Gasteiger partial charge is 0.381 e. The van der Waals surface area contributed by atoms with Gasteiger partial charge in [-0.15, -0.1) is 11.8 Å². The molecule has 1 N–H and O–H groups in total. The number of hydrogen-bond donors (Lipinski definition) is 1. The van der Waals surface area contributed by atoms with Crippen LogP contribution in [0.5, 0.6) is 0 Å². The molecule has 2 fully saturated rings. The summed E-state index contributed by atoms with van der Waals surface area (Å²) in [6.45, 7) is 2.25. The van der Waals surface area contributed by atoms with Crippen LogP contribution in [0.15, 0.2) is 0 Å². The van der Waals surface area contributed by atoms with E-state index >= 15 is 0 Å². The van der Waals surface area contributed by atoms with Gasteiger partial charge in [0.15, 0.2) is 0 Å². The number of methoxy groups -OCH3 is 1. The van der Waals surface area contributed by atoms with Gasteiger partial charge in [-0.25, -0.2) is 0 Å². The van der Waals surface area contributed by atoms with Gasteiger partial charge in [0.05, 0.1) is 11.0 Å². The van der Waals surface area contributed by atoms with Gasteiger partial charge in [-0.3, -0.25) is 5.32 Å². The van der Waals surface area contributed by atoms with Gasteiger partial charge in [0, 0.05) is 31.7 Å². The van der Waals surface area contributed by atoms with Crippen molar-refractivity contribution in [3.05, 3.63) is 0 Å². The third-order valence-electron chi connectivity index (χ3n) is 2.97. The average molecular weight is 187 g/mol. The Morgan fingerprint density at radius 1 is 1.58 bits per heavy atom. The molecule has 2 rings (SSSR count). The number of ether oxygens (including phenoxy) is 1. The van der Waals surface area contributed by atoms with Crippen molar-refractivity contribution in [2.24, 2.45) is 0 Å². The van der Waals surface area contributed by atoms with Gasteiger partial charge in [-0.2, -0.15) is 0 Å². The van der Waals surface area contributed by atoms with Crippen LogP contribution < -0.4 is 5.32 Å².